The van der Waals surface area contributed by atoms with Gasteiger partial charge in [-0.05, 0) is 125 Å². The summed E-state index contributed by atoms with van der Waals surface area (Å²) in [5.74, 6) is -0.734. The summed E-state index contributed by atoms with van der Waals surface area (Å²) in [5, 5.41) is 34.3. The number of hydrogen-bond acceptors (Lipinski definition) is 5. The smallest absolute Gasteiger partial charge is 0.328 e. The third-order valence-electron chi connectivity index (χ3n) is 14.7. The van der Waals surface area contributed by atoms with Crippen LogP contribution in [0, 0.1) is 28.6 Å². The molecule has 1 aromatic heterocycles. The summed E-state index contributed by atoms with van der Waals surface area (Å²) in [4.78, 5) is 26.2. The molecule has 2 saturated carbocycles. The van der Waals surface area contributed by atoms with E-state index in [0.29, 0.717) is 23.5 Å². The van der Waals surface area contributed by atoms with Gasteiger partial charge in [-0.3, -0.25) is 4.79 Å². The van der Waals surface area contributed by atoms with Crippen LogP contribution in [0.1, 0.15) is 133 Å². The molecular formula is C43H53NO6. The molecule has 4 aliphatic carbocycles. The van der Waals surface area contributed by atoms with E-state index in [1.165, 1.54) is 17.3 Å². The van der Waals surface area contributed by atoms with Gasteiger partial charge in [-0.1, -0.05) is 45.1 Å². The molecule has 0 radical (unpaired) electrons. The van der Waals surface area contributed by atoms with Crippen LogP contribution in [0.3, 0.4) is 0 Å². The van der Waals surface area contributed by atoms with Crippen LogP contribution in [0.2, 0.25) is 0 Å². The van der Waals surface area contributed by atoms with Crippen molar-refractivity contribution in [2.24, 2.45) is 28.6 Å². The number of hydrogen-bond donors (Lipinski definition) is 3. The number of allylic oxidation sites excluding steroid dienone is 3. The van der Waals surface area contributed by atoms with Crippen molar-refractivity contribution in [1.82, 2.24) is 4.57 Å². The Morgan fingerprint density at radius 3 is 2.42 bits per heavy atom. The first-order valence-corrected chi connectivity index (χ1v) is 18.5. The van der Waals surface area contributed by atoms with Gasteiger partial charge >= 0.3 is 5.97 Å². The van der Waals surface area contributed by atoms with E-state index in [-0.39, 0.29) is 28.4 Å². The van der Waals surface area contributed by atoms with Crippen LogP contribution in [-0.4, -0.2) is 48.9 Å². The lowest BCUT2D eigenvalue weighted by molar-refractivity contribution is -0.144. The summed E-state index contributed by atoms with van der Waals surface area (Å²) in [7, 11) is 0. The third-order valence-corrected chi connectivity index (χ3v) is 14.7. The molecule has 2 unspecified atom stereocenters. The van der Waals surface area contributed by atoms with E-state index in [2.05, 4.69) is 64.0 Å². The van der Waals surface area contributed by atoms with Gasteiger partial charge in [0.2, 0.25) is 0 Å². The molecule has 1 aromatic carbocycles. The topological polar surface area (TPSA) is 109 Å². The standard InChI is InChI=1S/C43H53NO6/c1-21(2)34-37(49)32-31-24(27-20-39(4,5)50-40(6,7)33(27)36(31)48)19-25-26-18-23-11-12-28-41(8,15-13-22(3)17-30(46)47)29(45)14-16-42(28,9)43(23,10)38(26)44(34)35(25)32/h13,15,17,19-20,23,28-29,33-34,36,45,48H,1,11-12,14,16,18H2,2-10H3,(H,46,47)/b15-13+,22-17+/t23?,28-,29-,33?,34-,36+,41-,42-,43+/m0/s1. The van der Waals surface area contributed by atoms with Gasteiger partial charge in [0.15, 0.2) is 5.78 Å². The van der Waals surface area contributed by atoms with Gasteiger partial charge in [-0.25, -0.2) is 4.79 Å². The summed E-state index contributed by atoms with van der Waals surface area (Å²) in [6.45, 7) is 23.4. The predicted octanol–water partition coefficient (Wildman–Crippen LogP) is 8.18. The Bertz CT molecular complexity index is 2020. The second-order valence-corrected chi connectivity index (χ2v) is 18.4. The fourth-order valence-electron chi connectivity index (χ4n) is 12.7. The number of Topliss-reactive ketones (excluding diaryl/α,β-unsaturated/α-hetero) is 1. The molecule has 3 heterocycles. The molecule has 3 N–H and O–H groups in total. The van der Waals surface area contributed by atoms with Crippen LogP contribution < -0.4 is 0 Å². The quantitative estimate of drug-likeness (QED) is 0.171. The molecule has 0 bridgehead atoms. The first kappa shape index (κ1) is 33.9. The molecule has 7 nitrogen and oxygen atoms in total. The summed E-state index contributed by atoms with van der Waals surface area (Å²) in [5.41, 5.74) is 6.19. The molecule has 7 heteroatoms. The number of rotatable bonds is 4. The predicted molar refractivity (Wildman–Crippen MR) is 195 cm³/mol. The number of carbonyl (C=O) groups is 2. The SMILES string of the molecule is C=C(C)[C@H]1C(=O)c2c3c(cc4c5c(n1c24)[C@@]1(C)C(CC[C@H]2[C@](C)(/C=C/C(C)=C/C(=O)O)[C@@H](O)CC[C@@]21C)C5)C1=CC(C)(C)OC(C)(C)C1[C@@H]3O. The number of carboxylic acids is 1. The number of aliphatic hydroxyl groups excluding tert-OH is 2. The van der Waals surface area contributed by atoms with Crippen molar-refractivity contribution in [3.63, 3.8) is 0 Å². The first-order valence-electron chi connectivity index (χ1n) is 18.5. The van der Waals surface area contributed by atoms with Crippen molar-refractivity contribution in [2.45, 2.75) is 129 Å². The lowest BCUT2D eigenvalue weighted by Gasteiger charge is -2.64. The van der Waals surface area contributed by atoms with Crippen molar-refractivity contribution >= 4 is 28.2 Å². The maximum atomic E-state index is 14.8. The van der Waals surface area contributed by atoms with E-state index in [4.69, 9.17) is 4.74 Å². The van der Waals surface area contributed by atoms with Gasteiger partial charge in [0.05, 0.1) is 34.5 Å². The number of ketones is 1. The highest BCUT2D eigenvalue weighted by atomic mass is 16.5. The van der Waals surface area contributed by atoms with Gasteiger partial charge in [-0.15, -0.1) is 0 Å². The fourth-order valence-corrected chi connectivity index (χ4v) is 12.7. The van der Waals surface area contributed by atoms with Gasteiger partial charge in [0.1, 0.15) is 6.04 Å². The van der Waals surface area contributed by atoms with E-state index in [1.807, 2.05) is 26.8 Å². The van der Waals surface area contributed by atoms with Crippen LogP contribution in [0.25, 0.3) is 16.5 Å². The number of carbonyl (C=O) groups excluding carboxylic acids is 1. The number of aliphatic hydroxyl groups is 2. The minimum atomic E-state index is -0.980. The number of aromatic nitrogens is 1. The number of aliphatic carboxylic acids is 1. The summed E-state index contributed by atoms with van der Waals surface area (Å²) >= 11 is 0. The Morgan fingerprint density at radius 2 is 1.76 bits per heavy atom. The van der Waals surface area contributed by atoms with Crippen molar-refractivity contribution in [3.05, 3.63) is 76.0 Å². The minimum Gasteiger partial charge on any atom is -0.478 e. The summed E-state index contributed by atoms with van der Waals surface area (Å²) in [6, 6.07) is 1.75. The van der Waals surface area contributed by atoms with Crippen LogP contribution in [0.4, 0.5) is 0 Å². The zero-order valence-corrected chi connectivity index (χ0v) is 31.1. The molecule has 50 heavy (non-hydrogen) atoms. The van der Waals surface area contributed by atoms with E-state index in [9.17, 15) is 24.9 Å². The van der Waals surface area contributed by atoms with Crippen molar-refractivity contribution in [1.29, 1.82) is 0 Å². The van der Waals surface area contributed by atoms with Gasteiger partial charge in [-0.2, -0.15) is 0 Å². The van der Waals surface area contributed by atoms with Gasteiger partial charge in [0.25, 0.3) is 0 Å². The number of ether oxygens (including phenoxy) is 1. The largest absolute Gasteiger partial charge is 0.478 e. The van der Waals surface area contributed by atoms with E-state index < -0.39 is 40.8 Å². The zero-order chi connectivity index (χ0) is 36.2. The average Bonchev–Trinajstić information content (AvgIpc) is 3.66. The molecule has 6 aliphatic rings. The van der Waals surface area contributed by atoms with Crippen LogP contribution in [0.5, 0.6) is 0 Å². The lowest BCUT2D eigenvalue weighted by Crippen LogP contribution is -2.62. The van der Waals surface area contributed by atoms with Crippen LogP contribution >= 0.6 is 0 Å². The second-order valence-electron chi connectivity index (χ2n) is 18.4. The Labute approximate surface area is 295 Å². The molecule has 8 rings (SSSR count). The van der Waals surface area contributed by atoms with E-state index >= 15 is 0 Å². The highest BCUT2D eigenvalue weighted by molar-refractivity contribution is 6.18. The summed E-state index contributed by atoms with van der Waals surface area (Å²) < 4.78 is 8.86. The lowest BCUT2D eigenvalue weighted by atomic mass is 9.40. The first-order chi connectivity index (χ1) is 23.2. The molecule has 2 aliphatic heterocycles. The second kappa shape index (κ2) is 10.2. The molecule has 2 fully saturated rings. The monoisotopic (exact) mass is 679 g/mol. The Morgan fingerprint density at radius 1 is 1.06 bits per heavy atom. The maximum absolute atomic E-state index is 14.8. The minimum absolute atomic E-state index is 0.0190. The Balaban J connectivity index is 1.36. The number of nitrogens with zero attached hydrogens (tertiary/aromatic N) is 1. The number of carboxylic acid groups (broad SMARTS) is 1. The number of fused-ring (bicyclic) bond motifs is 11. The highest BCUT2D eigenvalue weighted by Gasteiger charge is 2.67. The van der Waals surface area contributed by atoms with E-state index in [0.717, 1.165) is 58.9 Å². The van der Waals surface area contributed by atoms with E-state index in [1.54, 1.807) is 6.92 Å². The molecule has 266 valence electrons. The highest BCUT2D eigenvalue weighted by Crippen LogP contribution is 2.71. The average molecular weight is 680 g/mol. The van der Waals surface area contributed by atoms with Crippen LogP contribution in [-0.2, 0) is 21.4 Å². The van der Waals surface area contributed by atoms with Crippen molar-refractivity contribution in [3.8, 4) is 0 Å². The third kappa shape index (κ3) is 4.03. The number of benzene rings is 1. The fraction of sp³-hybridized carbons (Fsp3) is 0.581. The Hall–Kier alpha value is -3.26. The zero-order valence-electron chi connectivity index (χ0n) is 31.1. The maximum Gasteiger partial charge on any atom is 0.328 e. The molecular weight excluding hydrogens is 626 g/mol. The molecule has 0 spiro atoms. The Kier molecular flexibility index (Phi) is 6.91. The molecule has 0 amide bonds. The van der Waals surface area contributed by atoms with Crippen molar-refractivity contribution < 1.29 is 29.6 Å². The van der Waals surface area contributed by atoms with Crippen LogP contribution in [0.15, 0.2) is 48.1 Å². The van der Waals surface area contributed by atoms with Gasteiger partial charge < -0.3 is 24.6 Å². The van der Waals surface area contributed by atoms with Gasteiger partial charge in [0, 0.05) is 39.5 Å². The normalized spacial score (nSPS) is 39.2. The molecule has 2 aromatic rings. The summed E-state index contributed by atoms with van der Waals surface area (Å²) in [6.07, 6.45) is 10.3. The molecule has 0 saturated heterocycles. The van der Waals surface area contributed by atoms with Crippen molar-refractivity contribution in [2.75, 3.05) is 0 Å². The molecule has 9 atom stereocenters.